The Bertz CT molecular complexity index is 1270. The molecule has 0 aliphatic rings. The number of hydrogen-bond acceptors (Lipinski definition) is 3. The third-order valence-corrected chi connectivity index (χ3v) is 5.68. The van der Waals surface area contributed by atoms with Crippen LogP contribution in [-0.2, 0) is 19.2 Å². The summed E-state index contributed by atoms with van der Waals surface area (Å²) in [6, 6.07) is 18.7. The molecule has 0 aliphatic heterocycles. The second-order valence-electron chi connectivity index (χ2n) is 7.92. The Hall–Kier alpha value is -3.68. The Kier molecular flexibility index (Phi) is 6.68. The molecule has 0 saturated carbocycles. The molecule has 0 fully saturated rings. The Morgan fingerprint density at radius 2 is 1.53 bits per heavy atom. The van der Waals surface area contributed by atoms with Crippen molar-refractivity contribution in [1.82, 2.24) is 4.68 Å². The van der Waals surface area contributed by atoms with E-state index in [-0.39, 0.29) is 6.61 Å². The van der Waals surface area contributed by atoms with Gasteiger partial charge in [-0.25, -0.2) is 0 Å². The fourth-order valence-electron chi connectivity index (χ4n) is 3.70. The van der Waals surface area contributed by atoms with Gasteiger partial charge < -0.3 is 0 Å². The van der Waals surface area contributed by atoms with Crippen LogP contribution in [0.25, 0.3) is 22.2 Å². The molecular formula is C26H24BF3N2O2. The number of halogens is 3. The van der Waals surface area contributed by atoms with Gasteiger partial charge in [-0.3, -0.25) is 0 Å². The summed E-state index contributed by atoms with van der Waals surface area (Å²) in [6.45, 7) is 4.24. The first kappa shape index (κ1) is 23.5. The number of aromatic nitrogens is 1. The Balaban J connectivity index is 1.52. The van der Waals surface area contributed by atoms with Crippen molar-refractivity contribution in [3.05, 3.63) is 89.6 Å². The van der Waals surface area contributed by atoms with Gasteiger partial charge in [0.25, 0.3) is 0 Å². The Labute approximate surface area is 196 Å². The number of aryl methyl sites for hydroxylation is 1. The van der Waals surface area contributed by atoms with Gasteiger partial charge in [-0.15, -0.1) is 0 Å². The minimum atomic E-state index is -4.36. The molecule has 1 aromatic heterocycles. The number of methoxy groups -OCH3 is 1. The van der Waals surface area contributed by atoms with E-state index < -0.39 is 11.7 Å². The van der Waals surface area contributed by atoms with Crippen LogP contribution in [-0.4, -0.2) is 18.7 Å². The fourth-order valence-corrected chi connectivity index (χ4v) is 3.70. The van der Waals surface area contributed by atoms with E-state index >= 15 is 0 Å². The molecular weight excluding hydrogens is 440 g/mol. The molecule has 34 heavy (non-hydrogen) atoms. The molecule has 0 atom stereocenters. The summed E-state index contributed by atoms with van der Waals surface area (Å²) in [5.74, 6) is 7.23. The molecule has 0 spiro atoms. The van der Waals surface area contributed by atoms with Gasteiger partial charge in [-0.05, 0) is 0 Å². The summed E-state index contributed by atoms with van der Waals surface area (Å²) >= 11 is 0. The van der Waals surface area contributed by atoms with Crippen LogP contribution in [0, 0.1) is 0 Å². The van der Waals surface area contributed by atoms with Gasteiger partial charge in [0.05, 0.1) is 0 Å². The zero-order chi connectivity index (χ0) is 24.3. The van der Waals surface area contributed by atoms with Gasteiger partial charge in [0.15, 0.2) is 0 Å². The summed E-state index contributed by atoms with van der Waals surface area (Å²) in [6.07, 6.45) is -1.54. The Morgan fingerprint density at radius 3 is 2.15 bits per heavy atom. The summed E-state index contributed by atoms with van der Waals surface area (Å²) in [4.78, 5) is 0. The number of nitrogens with zero attached hydrogens (tertiary/aromatic N) is 1. The van der Waals surface area contributed by atoms with E-state index in [2.05, 4.69) is 31.2 Å². The molecule has 0 saturated heterocycles. The third-order valence-electron chi connectivity index (χ3n) is 5.68. The van der Waals surface area contributed by atoms with Gasteiger partial charge in [0, 0.05) is 0 Å². The predicted octanol–water partition coefficient (Wildman–Crippen LogP) is 6.04. The van der Waals surface area contributed by atoms with Crippen molar-refractivity contribution in [2.45, 2.75) is 26.1 Å². The van der Waals surface area contributed by atoms with Crippen LogP contribution in [0.2, 0.25) is 0 Å². The molecule has 0 unspecified atom stereocenters. The van der Waals surface area contributed by atoms with Crippen molar-refractivity contribution in [3.8, 4) is 33.7 Å². The number of nitrogen functional groups attached to an aromatic ring is 1. The molecule has 0 amide bonds. The molecule has 0 radical (unpaired) electrons. The van der Waals surface area contributed by atoms with E-state index in [4.69, 9.17) is 15.3 Å². The van der Waals surface area contributed by atoms with E-state index in [0.717, 1.165) is 40.7 Å². The minimum absolute atomic E-state index is 0.116. The molecule has 0 bridgehead atoms. The molecule has 0 aliphatic carbocycles. The third kappa shape index (κ3) is 5.11. The van der Waals surface area contributed by atoms with Crippen LogP contribution in [0.4, 0.5) is 13.2 Å². The van der Waals surface area contributed by atoms with E-state index in [1.807, 2.05) is 25.2 Å². The van der Waals surface area contributed by atoms with Gasteiger partial charge in [0.1, 0.15) is 0 Å². The zero-order valence-corrected chi connectivity index (χ0v) is 18.9. The average Bonchev–Trinajstić information content (AvgIpc) is 3.24. The number of ether oxygens (including phenoxy) is 2. The monoisotopic (exact) mass is 464 g/mol. The number of nitrogens with two attached hydrogens (primary N) is 1. The van der Waals surface area contributed by atoms with E-state index in [9.17, 15) is 13.2 Å². The van der Waals surface area contributed by atoms with Crippen molar-refractivity contribution < 1.29 is 22.6 Å². The normalized spacial score (nSPS) is 11.3. The molecule has 1 heterocycles. The van der Waals surface area contributed by atoms with Crippen LogP contribution >= 0.6 is 0 Å². The van der Waals surface area contributed by atoms with Crippen molar-refractivity contribution in [3.63, 3.8) is 0 Å². The topological polar surface area (TPSA) is 49.4 Å². The SMILES string of the molecule is CCc1ccc(-c2bc(-c3ccc(OCc4ccc(C(F)(F)F)cc4)c(OC)c3)cn2N)cc1. The molecule has 174 valence electrons. The molecule has 2 N–H and O–H groups in total. The van der Waals surface area contributed by atoms with E-state index in [1.165, 1.54) is 17.7 Å². The van der Waals surface area contributed by atoms with Gasteiger partial charge in [0.2, 0.25) is 0 Å². The summed E-state index contributed by atoms with van der Waals surface area (Å²) in [5, 5.41) is 0. The molecule has 4 aromatic rings. The first-order valence-corrected chi connectivity index (χ1v) is 10.8. The van der Waals surface area contributed by atoms with Gasteiger partial charge in [-0.2, -0.15) is 13.2 Å². The van der Waals surface area contributed by atoms with Crippen LogP contribution < -0.4 is 15.3 Å². The van der Waals surface area contributed by atoms with Crippen LogP contribution in [0.5, 0.6) is 11.5 Å². The van der Waals surface area contributed by atoms with Crippen LogP contribution in [0.3, 0.4) is 0 Å². The zero-order valence-electron chi connectivity index (χ0n) is 18.9. The maximum absolute atomic E-state index is 12.7. The standard InChI is InChI=1S/C26H24BF3N2O2/c1-3-17-4-8-19(9-5-17)25-27-22(15-32(25)31)20-10-13-23(24(14-20)33-2)34-16-18-6-11-21(12-7-18)26(28,29)30/h4-15H,3,16,31H2,1-2H3. The average molecular weight is 464 g/mol. The molecule has 4 rings (SSSR count). The first-order valence-electron chi connectivity index (χ1n) is 10.8. The first-order chi connectivity index (χ1) is 16.3. The number of hydrogen-bond donors (Lipinski definition) is 1. The number of alkyl halides is 3. The van der Waals surface area contributed by atoms with Crippen molar-refractivity contribution >= 4 is 6.91 Å². The second-order valence-corrected chi connectivity index (χ2v) is 7.92. The fraction of sp³-hybridized carbons (Fsp3) is 0.192. The van der Waals surface area contributed by atoms with E-state index in [1.54, 1.807) is 17.9 Å². The predicted molar refractivity (Wildman–Crippen MR) is 129 cm³/mol. The summed E-state index contributed by atoms with van der Waals surface area (Å²) in [7, 11) is 1.54. The van der Waals surface area contributed by atoms with Crippen molar-refractivity contribution in [1.29, 1.82) is 0 Å². The summed E-state index contributed by atoms with van der Waals surface area (Å²) < 4.78 is 51.1. The number of benzene rings is 3. The maximum atomic E-state index is 12.7. The van der Waals surface area contributed by atoms with Crippen LogP contribution in [0.15, 0.2) is 72.9 Å². The summed E-state index contributed by atoms with van der Waals surface area (Å²) in [5.41, 5.74) is 4.92. The van der Waals surface area contributed by atoms with Gasteiger partial charge >= 0.3 is 183 Å². The van der Waals surface area contributed by atoms with E-state index in [0.29, 0.717) is 17.1 Å². The quantitative estimate of drug-likeness (QED) is 0.339. The molecule has 4 nitrogen and oxygen atoms in total. The second kappa shape index (κ2) is 9.67. The van der Waals surface area contributed by atoms with Crippen molar-refractivity contribution in [2.75, 3.05) is 13.0 Å². The van der Waals surface area contributed by atoms with Crippen LogP contribution in [0.1, 0.15) is 23.6 Å². The Morgan fingerprint density at radius 1 is 0.882 bits per heavy atom. The molecule has 3 aromatic carbocycles. The van der Waals surface area contributed by atoms with Gasteiger partial charge in [-0.1, -0.05) is 0 Å². The number of rotatable bonds is 7. The van der Waals surface area contributed by atoms with Crippen molar-refractivity contribution in [2.24, 2.45) is 0 Å². The molecule has 8 heteroatoms.